The average Bonchev–Trinajstić information content (AvgIpc) is 2.99. The van der Waals surface area contributed by atoms with Gasteiger partial charge in [0.2, 0.25) is 0 Å². The van der Waals surface area contributed by atoms with Crippen LogP contribution in [0.5, 0.6) is 0 Å². The van der Waals surface area contributed by atoms with E-state index in [1.165, 1.54) is 0 Å². The first-order valence-corrected chi connectivity index (χ1v) is 7.52. The van der Waals surface area contributed by atoms with Crippen LogP contribution in [0.15, 0.2) is 27.8 Å². The molecule has 0 aromatic carbocycles. The molecule has 1 atom stereocenters. The first kappa shape index (κ1) is 21.2. The molecular formula is C15H28IN3O3. The van der Waals surface area contributed by atoms with Crippen LogP contribution in [0.3, 0.4) is 0 Å². The van der Waals surface area contributed by atoms with Crippen LogP contribution in [0.25, 0.3) is 0 Å². The number of guanidine groups is 1. The van der Waals surface area contributed by atoms with E-state index in [0.29, 0.717) is 25.8 Å². The normalized spacial score (nSPS) is 12.6. The molecule has 0 aliphatic heterocycles. The van der Waals surface area contributed by atoms with Crippen LogP contribution in [0.2, 0.25) is 0 Å². The van der Waals surface area contributed by atoms with Gasteiger partial charge >= 0.3 is 0 Å². The molecule has 1 unspecified atom stereocenters. The molecule has 22 heavy (non-hydrogen) atoms. The van der Waals surface area contributed by atoms with Gasteiger partial charge in [0.25, 0.3) is 0 Å². The van der Waals surface area contributed by atoms with E-state index < -0.39 is 0 Å². The van der Waals surface area contributed by atoms with Crippen molar-refractivity contribution in [2.24, 2.45) is 4.99 Å². The molecule has 0 spiro atoms. The Kier molecular flexibility index (Phi) is 13.3. The molecule has 1 aromatic heterocycles. The minimum atomic E-state index is 0. The lowest BCUT2D eigenvalue weighted by Crippen LogP contribution is -2.43. The monoisotopic (exact) mass is 425 g/mol. The first-order valence-electron chi connectivity index (χ1n) is 7.52. The van der Waals surface area contributed by atoms with Gasteiger partial charge in [-0.1, -0.05) is 6.92 Å². The van der Waals surface area contributed by atoms with Crippen molar-refractivity contribution in [3.63, 3.8) is 0 Å². The molecule has 0 amide bonds. The highest BCUT2D eigenvalue weighted by Crippen LogP contribution is 1.99. The van der Waals surface area contributed by atoms with E-state index in [2.05, 4.69) is 29.5 Å². The van der Waals surface area contributed by atoms with E-state index in [1.54, 1.807) is 6.26 Å². The highest BCUT2D eigenvalue weighted by Gasteiger charge is 2.04. The zero-order valence-corrected chi connectivity index (χ0v) is 15.7. The van der Waals surface area contributed by atoms with Gasteiger partial charge < -0.3 is 24.9 Å². The van der Waals surface area contributed by atoms with Crippen LogP contribution >= 0.6 is 24.0 Å². The predicted molar refractivity (Wildman–Crippen MR) is 98.9 cm³/mol. The Hall–Kier alpha value is -0.800. The third kappa shape index (κ3) is 10.0. The summed E-state index contributed by atoms with van der Waals surface area (Å²) in [5.74, 6) is 1.74. The molecule has 0 aliphatic carbocycles. The van der Waals surface area contributed by atoms with Crippen LogP contribution < -0.4 is 10.6 Å². The highest BCUT2D eigenvalue weighted by molar-refractivity contribution is 14.0. The number of nitrogens with zero attached hydrogens (tertiary/aromatic N) is 1. The van der Waals surface area contributed by atoms with Gasteiger partial charge in [-0.25, -0.2) is 0 Å². The molecule has 128 valence electrons. The molecule has 0 radical (unpaired) electrons. The van der Waals surface area contributed by atoms with E-state index in [4.69, 9.17) is 14.3 Å². The van der Waals surface area contributed by atoms with Crippen LogP contribution in [-0.4, -0.2) is 50.0 Å². The second-order valence-electron chi connectivity index (χ2n) is 4.78. The Morgan fingerprint density at radius 1 is 1.45 bits per heavy atom. The number of aliphatic hydroxyl groups excluding tert-OH is 1. The van der Waals surface area contributed by atoms with Crippen molar-refractivity contribution >= 4 is 29.9 Å². The summed E-state index contributed by atoms with van der Waals surface area (Å²) in [4.78, 5) is 4.46. The van der Waals surface area contributed by atoms with Crippen molar-refractivity contribution < 1.29 is 14.3 Å². The summed E-state index contributed by atoms with van der Waals surface area (Å²) in [5.41, 5.74) is 0. The Morgan fingerprint density at radius 2 is 2.27 bits per heavy atom. The summed E-state index contributed by atoms with van der Waals surface area (Å²) in [5, 5.41) is 15.3. The maximum absolute atomic E-state index is 8.64. The van der Waals surface area contributed by atoms with Crippen molar-refractivity contribution in [2.45, 2.75) is 32.7 Å². The lowest BCUT2D eigenvalue weighted by molar-refractivity contribution is 0.0977. The Balaban J connectivity index is 0.00000441. The predicted octanol–water partition coefficient (Wildman–Crippen LogP) is 1.78. The smallest absolute Gasteiger partial charge is 0.191 e. The zero-order valence-electron chi connectivity index (χ0n) is 13.4. The molecular weight excluding hydrogens is 397 g/mol. The summed E-state index contributed by atoms with van der Waals surface area (Å²) < 4.78 is 10.5. The van der Waals surface area contributed by atoms with Gasteiger partial charge in [0, 0.05) is 19.0 Å². The maximum Gasteiger partial charge on any atom is 0.191 e. The van der Waals surface area contributed by atoms with Crippen molar-refractivity contribution in [3.05, 3.63) is 24.2 Å². The van der Waals surface area contributed by atoms with Crippen LogP contribution in [0.4, 0.5) is 0 Å². The van der Waals surface area contributed by atoms with Gasteiger partial charge in [0.15, 0.2) is 5.96 Å². The van der Waals surface area contributed by atoms with Gasteiger partial charge in [0.05, 0.1) is 32.6 Å². The molecule has 0 fully saturated rings. The minimum Gasteiger partial charge on any atom is -0.469 e. The van der Waals surface area contributed by atoms with Gasteiger partial charge in [-0.3, -0.25) is 4.99 Å². The van der Waals surface area contributed by atoms with Gasteiger partial charge in [-0.05, 0) is 25.5 Å². The Bertz CT molecular complexity index is 385. The fourth-order valence-electron chi connectivity index (χ4n) is 1.64. The summed E-state index contributed by atoms with van der Waals surface area (Å²) >= 11 is 0. The Morgan fingerprint density at radius 3 is 2.91 bits per heavy atom. The standard InChI is InChI=1S/C15H27N3O3.HI/c1-3-13(2)18-15(17-8-11-20-12-9-19)16-7-6-14-5-4-10-21-14;/h4-5,10,13,19H,3,6-9,11-12H2,1-2H3,(H2,16,17,18);1H. The summed E-state index contributed by atoms with van der Waals surface area (Å²) in [6, 6.07) is 4.21. The zero-order chi connectivity index (χ0) is 15.3. The lowest BCUT2D eigenvalue weighted by atomic mass is 10.3. The molecule has 3 N–H and O–H groups in total. The SMILES string of the molecule is CCC(C)NC(=NCCOCCO)NCCc1ccco1.I. The Labute approximate surface area is 149 Å². The largest absolute Gasteiger partial charge is 0.469 e. The van der Waals surface area contributed by atoms with E-state index in [0.717, 1.165) is 31.1 Å². The van der Waals surface area contributed by atoms with Crippen molar-refractivity contribution in [3.8, 4) is 0 Å². The number of furan rings is 1. The summed E-state index contributed by atoms with van der Waals surface area (Å²) in [6.45, 7) is 6.47. The van der Waals surface area contributed by atoms with Gasteiger partial charge in [-0.15, -0.1) is 24.0 Å². The molecule has 1 rings (SSSR count). The van der Waals surface area contributed by atoms with Crippen LogP contribution in [0, 0.1) is 0 Å². The van der Waals surface area contributed by atoms with E-state index in [1.807, 2.05) is 12.1 Å². The van der Waals surface area contributed by atoms with Crippen LogP contribution in [0.1, 0.15) is 26.0 Å². The fraction of sp³-hybridized carbons (Fsp3) is 0.667. The number of nitrogens with one attached hydrogen (secondary N) is 2. The van der Waals surface area contributed by atoms with E-state index in [-0.39, 0.29) is 30.6 Å². The number of ether oxygens (including phenoxy) is 1. The second-order valence-corrected chi connectivity index (χ2v) is 4.78. The van der Waals surface area contributed by atoms with Gasteiger partial charge in [0.1, 0.15) is 5.76 Å². The molecule has 0 saturated carbocycles. The fourth-order valence-corrected chi connectivity index (χ4v) is 1.64. The highest BCUT2D eigenvalue weighted by atomic mass is 127. The lowest BCUT2D eigenvalue weighted by Gasteiger charge is -2.16. The second kappa shape index (κ2) is 13.8. The number of hydrogen-bond acceptors (Lipinski definition) is 4. The van der Waals surface area contributed by atoms with Crippen molar-refractivity contribution in [1.29, 1.82) is 0 Å². The number of hydrogen-bond donors (Lipinski definition) is 3. The van der Waals surface area contributed by atoms with E-state index in [9.17, 15) is 0 Å². The summed E-state index contributed by atoms with van der Waals surface area (Å²) in [6.07, 6.45) is 3.52. The molecule has 1 heterocycles. The topological polar surface area (TPSA) is 79.0 Å². The van der Waals surface area contributed by atoms with Crippen molar-refractivity contribution in [1.82, 2.24) is 10.6 Å². The minimum absolute atomic E-state index is 0. The molecule has 0 aliphatic rings. The molecule has 7 heteroatoms. The van der Waals surface area contributed by atoms with Crippen LogP contribution in [-0.2, 0) is 11.2 Å². The molecule has 0 saturated heterocycles. The van der Waals surface area contributed by atoms with Gasteiger partial charge in [-0.2, -0.15) is 0 Å². The first-order chi connectivity index (χ1) is 10.3. The maximum atomic E-state index is 8.64. The third-order valence-electron chi connectivity index (χ3n) is 2.98. The average molecular weight is 425 g/mol. The van der Waals surface area contributed by atoms with Crippen molar-refractivity contribution in [2.75, 3.05) is 32.9 Å². The number of aliphatic imine (C=N–C) groups is 1. The molecule has 0 bridgehead atoms. The molecule has 6 nitrogen and oxygen atoms in total. The summed E-state index contributed by atoms with van der Waals surface area (Å²) in [7, 11) is 0. The number of aliphatic hydroxyl groups is 1. The van der Waals surface area contributed by atoms with E-state index >= 15 is 0 Å². The third-order valence-corrected chi connectivity index (χ3v) is 2.98. The quantitative estimate of drug-likeness (QED) is 0.231. The number of rotatable bonds is 10. The number of halogens is 1. The molecule has 1 aromatic rings.